The summed E-state index contributed by atoms with van der Waals surface area (Å²) >= 11 is 0. The minimum Gasteiger partial charge on any atom is -0.443 e. The zero-order chi connectivity index (χ0) is 24.8. The van der Waals surface area contributed by atoms with E-state index in [1.807, 2.05) is 20.8 Å². The predicted molar refractivity (Wildman–Crippen MR) is 126 cm³/mol. The number of imidazole rings is 1. The monoisotopic (exact) mass is 482 g/mol. The normalized spacial score (nSPS) is 26.3. The molecule has 0 spiro atoms. The Hall–Kier alpha value is -1.79. The number of fused-ring (bicyclic) bond motifs is 1. The first-order valence-electron chi connectivity index (χ1n) is 11.4. The molecular weight excluding hydrogens is 444 g/mol. The molecule has 11 heteroatoms. The molecule has 2 aliphatic rings. The molecule has 1 aromatic heterocycles. The van der Waals surface area contributed by atoms with Crippen molar-refractivity contribution in [2.45, 2.75) is 96.2 Å². The third-order valence-electron chi connectivity index (χ3n) is 6.35. The zero-order valence-corrected chi connectivity index (χ0v) is 21.9. The fourth-order valence-corrected chi connectivity index (χ4v) is 4.75. The Labute approximate surface area is 196 Å². The topological polar surface area (TPSA) is 119 Å². The number of hydrogen-bond donors (Lipinski definition) is 2. The van der Waals surface area contributed by atoms with Gasteiger partial charge in [-0.3, -0.25) is 9.47 Å². The standard InChI is InChI=1S/C22H38N4O6Si/c1-21(2,3)31-20(29)25-10-15(32-33(7,8)22(4,5)6)18-19(24-12-25)26(13-23-18)17-9-14(28)16(11-27)30-17/h12-17,27-28H,9-11H2,1-8H3/t14?,15?,16-,17-/m1/s1. The minimum atomic E-state index is -2.23. The van der Waals surface area contributed by atoms with E-state index in [2.05, 4.69) is 43.8 Å². The molecule has 1 fully saturated rings. The lowest BCUT2D eigenvalue weighted by Gasteiger charge is -2.39. The summed E-state index contributed by atoms with van der Waals surface area (Å²) in [6.07, 6.45) is 0.335. The van der Waals surface area contributed by atoms with Crippen LogP contribution in [-0.4, -0.2) is 76.4 Å². The van der Waals surface area contributed by atoms with E-state index in [-0.39, 0.29) is 18.2 Å². The summed E-state index contributed by atoms with van der Waals surface area (Å²) in [6, 6.07) is 0. The van der Waals surface area contributed by atoms with Gasteiger partial charge in [0.1, 0.15) is 36.1 Å². The number of ether oxygens (including phenoxy) is 2. The number of amides is 1. The van der Waals surface area contributed by atoms with Crippen LogP contribution in [0.4, 0.5) is 10.6 Å². The van der Waals surface area contributed by atoms with Crippen LogP contribution in [-0.2, 0) is 13.9 Å². The lowest BCUT2D eigenvalue weighted by molar-refractivity contribution is -0.0438. The molecule has 10 nitrogen and oxygen atoms in total. The summed E-state index contributed by atoms with van der Waals surface area (Å²) in [5.41, 5.74) is -0.0480. The van der Waals surface area contributed by atoms with Gasteiger partial charge in [0.15, 0.2) is 14.1 Å². The van der Waals surface area contributed by atoms with Crippen LogP contribution in [0.2, 0.25) is 18.1 Å². The highest BCUT2D eigenvalue weighted by atomic mass is 28.4. The lowest BCUT2D eigenvalue weighted by Crippen LogP contribution is -2.45. The molecule has 0 saturated carbocycles. The number of carbonyl (C=O) groups is 1. The van der Waals surface area contributed by atoms with Gasteiger partial charge in [0, 0.05) is 6.42 Å². The van der Waals surface area contributed by atoms with Gasteiger partial charge in [-0.1, -0.05) is 20.8 Å². The fourth-order valence-electron chi connectivity index (χ4n) is 3.49. The molecule has 0 bridgehead atoms. The molecule has 186 valence electrons. The van der Waals surface area contributed by atoms with Crippen LogP contribution in [0.25, 0.3) is 0 Å². The Kier molecular flexibility index (Phi) is 7.12. The average molecular weight is 483 g/mol. The number of aliphatic imine (C=N–C) groups is 1. The van der Waals surface area contributed by atoms with Crippen molar-refractivity contribution >= 4 is 26.6 Å². The first-order valence-corrected chi connectivity index (χ1v) is 14.3. The van der Waals surface area contributed by atoms with Gasteiger partial charge in [0.05, 0.1) is 25.6 Å². The summed E-state index contributed by atoms with van der Waals surface area (Å²) < 4.78 is 19.8. The van der Waals surface area contributed by atoms with Crippen LogP contribution in [0.3, 0.4) is 0 Å². The summed E-state index contributed by atoms with van der Waals surface area (Å²) in [6.45, 7) is 16.1. The number of nitrogens with zero attached hydrogens (tertiary/aromatic N) is 4. The second-order valence-electron chi connectivity index (χ2n) is 11.2. The molecule has 2 aliphatic heterocycles. The van der Waals surface area contributed by atoms with E-state index in [0.29, 0.717) is 17.9 Å². The zero-order valence-electron chi connectivity index (χ0n) is 20.9. The molecule has 0 radical (unpaired) electrons. The van der Waals surface area contributed by atoms with Crippen molar-refractivity contribution < 1.29 is 28.9 Å². The van der Waals surface area contributed by atoms with E-state index in [0.717, 1.165) is 0 Å². The first kappa shape index (κ1) is 25.8. The number of hydrogen-bond acceptors (Lipinski definition) is 8. The molecular formula is C22H38N4O6Si. The maximum Gasteiger partial charge on any atom is 0.415 e. The highest BCUT2D eigenvalue weighted by Gasteiger charge is 2.43. The van der Waals surface area contributed by atoms with Gasteiger partial charge < -0.3 is 24.1 Å². The Morgan fingerprint density at radius 2 is 1.94 bits per heavy atom. The molecule has 2 unspecified atom stereocenters. The van der Waals surface area contributed by atoms with Crippen LogP contribution >= 0.6 is 0 Å². The summed E-state index contributed by atoms with van der Waals surface area (Å²) in [5.74, 6) is 0.501. The summed E-state index contributed by atoms with van der Waals surface area (Å²) in [7, 11) is -2.23. The molecule has 0 aliphatic carbocycles. The van der Waals surface area contributed by atoms with Gasteiger partial charge in [-0.2, -0.15) is 0 Å². The maximum absolute atomic E-state index is 12.9. The van der Waals surface area contributed by atoms with Gasteiger partial charge in [0.25, 0.3) is 0 Å². The third-order valence-corrected chi connectivity index (χ3v) is 10.8. The molecule has 4 atom stereocenters. The fraction of sp³-hybridized carbons (Fsp3) is 0.773. The van der Waals surface area contributed by atoms with Crippen LogP contribution in [0.1, 0.15) is 66.0 Å². The third kappa shape index (κ3) is 5.65. The highest BCUT2D eigenvalue weighted by molar-refractivity contribution is 6.74. The van der Waals surface area contributed by atoms with E-state index in [4.69, 9.17) is 13.9 Å². The molecule has 0 aromatic carbocycles. The first-order chi connectivity index (χ1) is 15.1. The van der Waals surface area contributed by atoms with Crippen molar-refractivity contribution in [2.75, 3.05) is 13.2 Å². The van der Waals surface area contributed by atoms with Crippen LogP contribution < -0.4 is 0 Å². The number of aliphatic hydroxyl groups excluding tert-OH is 2. The Bertz CT molecular complexity index is 888. The number of rotatable bonds is 4. The van der Waals surface area contributed by atoms with Crippen molar-refractivity contribution in [1.29, 1.82) is 0 Å². The van der Waals surface area contributed by atoms with Crippen molar-refractivity contribution in [3.05, 3.63) is 12.0 Å². The van der Waals surface area contributed by atoms with Crippen LogP contribution in [0, 0.1) is 0 Å². The van der Waals surface area contributed by atoms with Crippen molar-refractivity contribution in [3.8, 4) is 0 Å². The van der Waals surface area contributed by atoms with Crippen molar-refractivity contribution in [1.82, 2.24) is 14.5 Å². The molecule has 1 amide bonds. The average Bonchev–Trinajstić information content (AvgIpc) is 3.19. The van der Waals surface area contributed by atoms with E-state index in [1.54, 1.807) is 10.9 Å². The summed E-state index contributed by atoms with van der Waals surface area (Å²) in [4.78, 5) is 23.4. The second-order valence-corrected chi connectivity index (χ2v) is 16.0. The lowest BCUT2D eigenvalue weighted by atomic mass is 10.2. The van der Waals surface area contributed by atoms with E-state index in [9.17, 15) is 15.0 Å². The van der Waals surface area contributed by atoms with Gasteiger partial charge in [-0.25, -0.2) is 14.8 Å². The van der Waals surface area contributed by atoms with Gasteiger partial charge in [-0.05, 0) is 38.9 Å². The smallest absolute Gasteiger partial charge is 0.415 e. The van der Waals surface area contributed by atoms with E-state index >= 15 is 0 Å². The molecule has 2 N–H and O–H groups in total. The van der Waals surface area contributed by atoms with E-state index in [1.165, 1.54) is 11.2 Å². The van der Waals surface area contributed by atoms with Crippen LogP contribution in [0.15, 0.2) is 11.3 Å². The van der Waals surface area contributed by atoms with E-state index < -0.39 is 44.6 Å². The number of aromatic nitrogens is 2. The number of carbonyl (C=O) groups excluding carboxylic acids is 1. The van der Waals surface area contributed by atoms with Gasteiger partial charge in [0.2, 0.25) is 0 Å². The molecule has 33 heavy (non-hydrogen) atoms. The Balaban J connectivity index is 1.98. The minimum absolute atomic E-state index is 0.0489. The largest absolute Gasteiger partial charge is 0.443 e. The SMILES string of the molecule is CC(C)(C)OC(=O)N1C=Nc2c(ncn2[C@H]2CC(O)[C@@H](CO)O2)C(O[Si](C)(C)C(C)(C)C)C1. The van der Waals surface area contributed by atoms with Crippen LogP contribution in [0.5, 0.6) is 0 Å². The van der Waals surface area contributed by atoms with Crippen molar-refractivity contribution in [2.24, 2.45) is 4.99 Å². The summed E-state index contributed by atoms with van der Waals surface area (Å²) in [5, 5.41) is 19.6. The van der Waals surface area contributed by atoms with Gasteiger partial charge >= 0.3 is 6.09 Å². The maximum atomic E-state index is 12.9. The predicted octanol–water partition coefficient (Wildman–Crippen LogP) is 3.50. The molecule has 1 saturated heterocycles. The molecule has 1 aromatic rings. The Morgan fingerprint density at radius 1 is 1.27 bits per heavy atom. The molecule has 3 rings (SSSR count). The second kappa shape index (κ2) is 9.10. The number of aliphatic hydroxyl groups is 2. The van der Waals surface area contributed by atoms with Crippen molar-refractivity contribution in [3.63, 3.8) is 0 Å². The quantitative estimate of drug-likeness (QED) is 0.631. The van der Waals surface area contributed by atoms with Gasteiger partial charge in [-0.15, -0.1) is 0 Å². The highest BCUT2D eigenvalue weighted by Crippen LogP contribution is 2.43. The molecule has 3 heterocycles. The Morgan fingerprint density at radius 3 is 2.48 bits per heavy atom.